The smallest absolute Gasteiger partial charge is 0.182 e. The lowest BCUT2D eigenvalue weighted by Gasteiger charge is -2.09. The Kier molecular flexibility index (Phi) is 3.06. The van der Waals surface area contributed by atoms with E-state index in [4.69, 9.17) is 9.72 Å². The van der Waals surface area contributed by atoms with Crippen LogP contribution in [0.4, 0.5) is 0 Å². The van der Waals surface area contributed by atoms with Crippen LogP contribution in [0.2, 0.25) is 0 Å². The minimum atomic E-state index is 0.707. The van der Waals surface area contributed by atoms with Crippen molar-refractivity contribution >= 4 is 27.2 Å². The maximum Gasteiger partial charge on any atom is 0.182 e. The predicted octanol–water partition coefficient (Wildman–Crippen LogP) is 3.89. The van der Waals surface area contributed by atoms with Crippen LogP contribution in [-0.2, 0) is 12.8 Å². The third-order valence-electron chi connectivity index (χ3n) is 4.62. The Morgan fingerprint density at radius 2 is 2.12 bits per heavy atom. The molecule has 0 aliphatic heterocycles. The third kappa shape index (κ3) is 2.03. The highest BCUT2D eigenvalue weighted by atomic mass is 32.1. The van der Waals surface area contributed by atoms with E-state index in [0.717, 1.165) is 28.2 Å². The minimum absolute atomic E-state index is 0.707. The van der Waals surface area contributed by atoms with Crippen LogP contribution in [-0.4, -0.2) is 26.7 Å². The molecule has 6 heteroatoms. The summed E-state index contributed by atoms with van der Waals surface area (Å²) >= 11 is 1.81. The lowest BCUT2D eigenvalue weighted by atomic mass is 9.97. The van der Waals surface area contributed by atoms with Crippen LogP contribution in [0, 0.1) is 0 Å². The fraction of sp³-hybridized carbons (Fsp3) is 0.278. The van der Waals surface area contributed by atoms with Crippen LogP contribution >= 0.6 is 11.3 Å². The third-order valence-corrected chi connectivity index (χ3v) is 5.82. The van der Waals surface area contributed by atoms with Gasteiger partial charge in [0.1, 0.15) is 16.9 Å². The van der Waals surface area contributed by atoms with Crippen molar-refractivity contribution in [2.75, 3.05) is 7.11 Å². The van der Waals surface area contributed by atoms with Gasteiger partial charge in [0.25, 0.3) is 0 Å². The zero-order valence-corrected chi connectivity index (χ0v) is 14.1. The number of rotatable bonds is 2. The summed E-state index contributed by atoms with van der Waals surface area (Å²) in [6, 6.07) is 7.85. The number of thiophene rings is 1. The summed E-state index contributed by atoms with van der Waals surface area (Å²) in [7, 11) is 1.67. The molecule has 0 amide bonds. The van der Waals surface area contributed by atoms with E-state index in [-0.39, 0.29) is 0 Å². The highest BCUT2D eigenvalue weighted by molar-refractivity contribution is 7.19. The average molecular weight is 336 g/mol. The molecule has 120 valence electrons. The number of aryl methyl sites for hydroxylation is 2. The van der Waals surface area contributed by atoms with E-state index in [1.54, 1.807) is 18.0 Å². The number of nitrogens with zero attached hydrogens (tertiary/aromatic N) is 4. The Hall–Kier alpha value is -2.47. The Morgan fingerprint density at radius 1 is 1.21 bits per heavy atom. The molecular formula is C18H16N4OS. The van der Waals surface area contributed by atoms with Crippen LogP contribution in [0.25, 0.3) is 27.3 Å². The number of aromatic nitrogens is 4. The lowest BCUT2D eigenvalue weighted by molar-refractivity contribution is 0.415. The summed E-state index contributed by atoms with van der Waals surface area (Å²) < 4.78 is 7.11. The van der Waals surface area contributed by atoms with E-state index >= 15 is 0 Å². The summed E-state index contributed by atoms with van der Waals surface area (Å²) in [6.45, 7) is 0. The van der Waals surface area contributed by atoms with E-state index in [1.165, 1.54) is 35.1 Å². The van der Waals surface area contributed by atoms with Crippen molar-refractivity contribution in [1.29, 1.82) is 0 Å². The van der Waals surface area contributed by atoms with Gasteiger partial charge in [0, 0.05) is 10.4 Å². The van der Waals surface area contributed by atoms with E-state index in [0.29, 0.717) is 5.82 Å². The molecule has 0 N–H and O–H groups in total. The molecule has 3 aromatic heterocycles. The first-order valence-corrected chi connectivity index (χ1v) is 8.95. The molecule has 1 aliphatic carbocycles. The van der Waals surface area contributed by atoms with Crippen LogP contribution in [0.15, 0.2) is 30.6 Å². The first kappa shape index (κ1) is 13.9. The van der Waals surface area contributed by atoms with E-state index in [9.17, 15) is 0 Å². The van der Waals surface area contributed by atoms with Gasteiger partial charge < -0.3 is 4.74 Å². The Balaban J connectivity index is 1.75. The molecule has 4 aromatic rings. The molecule has 24 heavy (non-hydrogen) atoms. The molecule has 0 spiro atoms. The van der Waals surface area contributed by atoms with Crippen LogP contribution in [0.5, 0.6) is 5.75 Å². The zero-order valence-electron chi connectivity index (χ0n) is 13.3. The molecule has 0 atom stereocenters. The molecule has 0 fully saturated rings. The van der Waals surface area contributed by atoms with E-state index < -0.39 is 0 Å². The monoisotopic (exact) mass is 336 g/mol. The number of benzene rings is 1. The predicted molar refractivity (Wildman–Crippen MR) is 94.8 cm³/mol. The maximum atomic E-state index is 5.31. The molecule has 5 rings (SSSR count). The van der Waals surface area contributed by atoms with Gasteiger partial charge in [-0.05, 0) is 43.4 Å². The quantitative estimate of drug-likeness (QED) is 0.557. The SMILES string of the molecule is COc1cccc(-c2nc3c4c5c(sc4ncn3n2)CCCC5)c1. The second-order valence-corrected chi connectivity index (χ2v) is 7.15. The molecule has 0 radical (unpaired) electrons. The summed E-state index contributed by atoms with van der Waals surface area (Å²) in [5, 5.41) is 5.82. The number of methoxy groups -OCH3 is 1. The second kappa shape index (κ2) is 5.27. The van der Waals surface area contributed by atoms with Gasteiger partial charge in [-0.1, -0.05) is 12.1 Å². The van der Waals surface area contributed by atoms with Gasteiger partial charge in [-0.15, -0.1) is 16.4 Å². The van der Waals surface area contributed by atoms with E-state index in [2.05, 4.69) is 10.1 Å². The Bertz CT molecular complexity index is 1070. The van der Waals surface area contributed by atoms with Gasteiger partial charge in [-0.3, -0.25) is 0 Å². The lowest BCUT2D eigenvalue weighted by Crippen LogP contribution is -1.99. The largest absolute Gasteiger partial charge is 0.497 e. The standard InChI is InChI=1S/C18H16N4OS/c1-23-12-6-4-5-11(9-12)16-20-17-15-13-7-2-3-8-14(13)24-18(15)19-10-22(17)21-16/h4-6,9-10H,2-3,7-8H2,1H3. The molecule has 5 nitrogen and oxygen atoms in total. The van der Waals surface area contributed by atoms with Crippen molar-refractivity contribution in [3.8, 4) is 17.1 Å². The topological polar surface area (TPSA) is 52.3 Å². The molecule has 0 saturated heterocycles. The molecule has 0 saturated carbocycles. The van der Waals surface area contributed by atoms with Gasteiger partial charge in [0.15, 0.2) is 11.5 Å². The summed E-state index contributed by atoms with van der Waals surface area (Å²) in [5.74, 6) is 1.52. The van der Waals surface area contributed by atoms with Gasteiger partial charge in [-0.25, -0.2) is 14.5 Å². The van der Waals surface area contributed by atoms with Gasteiger partial charge in [0.2, 0.25) is 0 Å². The summed E-state index contributed by atoms with van der Waals surface area (Å²) in [5.41, 5.74) is 3.30. The van der Waals surface area contributed by atoms with Gasteiger partial charge >= 0.3 is 0 Å². The maximum absolute atomic E-state index is 5.31. The highest BCUT2D eigenvalue weighted by Crippen LogP contribution is 2.37. The number of hydrogen-bond acceptors (Lipinski definition) is 5. The van der Waals surface area contributed by atoms with Crippen molar-refractivity contribution in [3.05, 3.63) is 41.0 Å². The number of ether oxygens (including phenoxy) is 1. The highest BCUT2D eigenvalue weighted by Gasteiger charge is 2.21. The van der Waals surface area contributed by atoms with Crippen molar-refractivity contribution in [1.82, 2.24) is 19.6 Å². The van der Waals surface area contributed by atoms with Crippen molar-refractivity contribution in [2.24, 2.45) is 0 Å². The summed E-state index contributed by atoms with van der Waals surface area (Å²) in [6.07, 6.45) is 6.59. The summed E-state index contributed by atoms with van der Waals surface area (Å²) in [4.78, 5) is 12.0. The number of hydrogen-bond donors (Lipinski definition) is 0. The van der Waals surface area contributed by atoms with E-state index in [1.807, 2.05) is 35.6 Å². The Morgan fingerprint density at radius 3 is 3.04 bits per heavy atom. The first-order chi connectivity index (χ1) is 11.8. The second-order valence-electron chi connectivity index (χ2n) is 6.07. The molecule has 1 aromatic carbocycles. The van der Waals surface area contributed by atoms with Crippen molar-refractivity contribution < 1.29 is 4.74 Å². The molecular weight excluding hydrogens is 320 g/mol. The minimum Gasteiger partial charge on any atom is -0.497 e. The normalized spacial score (nSPS) is 14.2. The molecule has 0 bridgehead atoms. The molecule has 3 heterocycles. The van der Waals surface area contributed by atoms with Crippen molar-refractivity contribution in [3.63, 3.8) is 0 Å². The Labute approximate surface area is 142 Å². The molecule has 1 aliphatic rings. The van der Waals surface area contributed by atoms with Crippen LogP contribution in [0.3, 0.4) is 0 Å². The molecule has 0 unspecified atom stereocenters. The van der Waals surface area contributed by atoms with Gasteiger partial charge in [-0.2, -0.15) is 0 Å². The van der Waals surface area contributed by atoms with Crippen LogP contribution in [0.1, 0.15) is 23.3 Å². The fourth-order valence-electron chi connectivity index (χ4n) is 3.44. The van der Waals surface area contributed by atoms with Crippen molar-refractivity contribution in [2.45, 2.75) is 25.7 Å². The zero-order chi connectivity index (χ0) is 16.1. The average Bonchev–Trinajstić information content (AvgIpc) is 3.22. The number of fused-ring (bicyclic) bond motifs is 5. The van der Waals surface area contributed by atoms with Gasteiger partial charge in [0.05, 0.1) is 12.5 Å². The first-order valence-electron chi connectivity index (χ1n) is 8.13. The van der Waals surface area contributed by atoms with Crippen LogP contribution < -0.4 is 4.74 Å². The fourth-order valence-corrected chi connectivity index (χ4v) is 4.66.